The lowest BCUT2D eigenvalue weighted by Crippen LogP contribution is -2.05. The zero-order valence-electron chi connectivity index (χ0n) is 11.6. The van der Waals surface area contributed by atoms with Crippen LogP contribution in [-0.2, 0) is 6.54 Å². The second kappa shape index (κ2) is 4.56. The van der Waals surface area contributed by atoms with Crippen molar-refractivity contribution in [1.82, 2.24) is 19.3 Å². The van der Waals surface area contributed by atoms with Gasteiger partial charge in [0.15, 0.2) is 10.4 Å². The highest BCUT2D eigenvalue weighted by Gasteiger charge is 2.16. The highest BCUT2D eigenvalue weighted by Crippen LogP contribution is 2.24. The summed E-state index contributed by atoms with van der Waals surface area (Å²) < 4.78 is 17.9. The minimum absolute atomic E-state index is 0.277. The van der Waals surface area contributed by atoms with Gasteiger partial charge in [0.1, 0.15) is 11.3 Å². The number of aryl methyl sites for hydroxylation is 3. The maximum Gasteiger partial charge on any atom is 0.184 e. The molecule has 6 heteroatoms. The quantitative estimate of drug-likeness (QED) is 0.731. The molecule has 0 unspecified atom stereocenters. The Bertz CT molecular complexity index is 856. The van der Waals surface area contributed by atoms with Gasteiger partial charge in [0.25, 0.3) is 0 Å². The molecule has 0 aliphatic heterocycles. The zero-order chi connectivity index (χ0) is 14.4. The van der Waals surface area contributed by atoms with Gasteiger partial charge in [-0.25, -0.2) is 9.07 Å². The van der Waals surface area contributed by atoms with E-state index < -0.39 is 0 Å². The Morgan fingerprint density at radius 1 is 1.35 bits per heavy atom. The first kappa shape index (κ1) is 13.1. The van der Waals surface area contributed by atoms with E-state index >= 15 is 0 Å². The van der Waals surface area contributed by atoms with Gasteiger partial charge in [-0.2, -0.15) is 5.10 Å². The van der Waals surface area contributed by atoms with Gasteiger partial charge in [0.2, 0.25) is 0 Å². The first-order chi connectivity index (χ1) is 9.52. The van der Waals surface area contributed by atoms with Crippen LogP contribution < -0.4 is 0 Å². The number of hydrogen-bond acceptors (Lipinski definition) is 2. The number of imidazole rings is 1. The van der Waals surface area contributed by atoms with E-state index in [2.05, 4.69) is 10.1 Å². The molecule has 0 saturated carbocycles. The van der Waals surface area contributed by atoms with E-state index in [0.717, 1.165) is 34.7 Å². The van der Waals surface area contributed by atoms with Crippen molar-refractivity contribution in [2.24, 2.45) is 0 Å². The topological polar surface area (TPSA) is 38.5 Å². The maximum atomic E-state index is 13.6. The number of halogens is 1. The second-order valence-corrected chi connectivity index (χ2v) is 5.18. The largest absolute Gasteiger partial charge is 0.327 e. The van der Waals surface area contributed by atoms with Gasteiger partial charge in [-0.1, -0.05) is 6.07 Å². The molecule has 0 radical (unpaired) electrons. The van der Waals surface area contributed by atoms with Crippen LogP contribution in [0.25, 0.3) is 16.9 Å². The van der Waals surface area contributed by atoms with Gasteiger partial charge >= 0.3 is 0 Å². The molecule has 104 valence electrons. The summed E-state index contributed by atoms with van der Waals surface area (Å²) in [6.45, 7) is 6.62. The molecule has 3 aromatic rings. The van der Waals surface area contributed by atoms with Crippen molar-refractivity contribution in [2.45, 2.75) is 27.3 Å². The molecule has 0 saturated heterocycles. The lowest BCUT2D eigenvalue weighted by molar-refractivity contribution is 0.625. The lowest BCUT2D eigenvalue weighted by Gasteiger charge is -2.09. The number of nitrogens with one attached hydrogen (secondary N) is 1. The Kier molecular flexibility index (Phi) is 2.97. The summed E-state index contributed by atoms with van der Waals surface area (Å²) in [5.74, 6) is -0.277. The average Bonchev–Trinajstić information content (AvgIpc) is 2.90. The monoisotopic (exact) mass is 290 g/mol. The number of nitrogens with zero attached hydrogens (tertiary/aromatic N) is 3. The lowest BCUT2D eigenvalue weighted by atomic mass is 10.2. The second-order valence-electron chi connectivity index (χ2n) is 4.80. The number of H-pyrrole nitrogens is 1. The number of aromatic nitrogens is 4. The van der Waals surface area contributed by atoms with Gasteiger partial charge in [-0.3, -0.25) is 4.57 Å². The molecule has 0 aliphatic rings. The van der Waals surface area contributed by atoms with Crippen LogP contribution in [0.15, 0.2) is 18.2 Å². The average molecular weight is 290 g/mol. The van der Waals surface area contributed by atoms with E-state index in [1.54, 1.807) is 6.07 Å². The Morgan fingerprint density at radius 2 is 2.10 bits per heavy atom. The van der Waals surface area contributed by atoms with Crippen LogP contribution in [0.1, 0.15) is 18.2 Å². The molecule has 1 N–H and O–H groups in total. The van der Waals surface area contributed by atoms with Crippen molar-refractivity contribution in [3.05, 3.63) is 40.0 Å². The van der Waals surface area contributed by atoms with Gasteiger partial charge in [0, 0.05) is 6.54 Å². The molecule has 2 aromatic heterocycles. The Morgan fingerprint density at radius 3 is 2.80 bits per heavy atom. The summed E-state index contributed by atoms with van der Waals surface area (Å²) in [6, 6.07) is 4.71. The van der Waals surface area contributed by atoms with Crippen LogP contribution in [0, 0.1) is 24.4 Å². The Hall–Kier alpha value is -1.95. The molecule has 0 atom stereocenters. The summed E-state index contributed by atoms with van der Waals surface area (Å²) in [6.07, 6.45) is 0. The molecule has 0 amide bonds. The molecule has 0 bridgehead atoms. The van der Waals surface area contributed by atoms with E-state index in [4.69, 9.17) is 12.2 Å². The highest BCUT2D eigenvalue weighted by molar-refractivity contribution is 7.71. The van der Waals surface area contributed by atoms with Crippen molar-refractivity contribution in [1.29, 1.82) is 0 Å². The minimum atomic E-state index is -0.277. The van der Waals surface area contributed by atoms with Crippen molar-refractivity contribution in [3.63, 3.8) is 0 Å². The summed E-state index contributed by atoms with van der Waals surface area (Å²) in [7, 11) is 0. The summed E-state index contributed by atoms with van der Waals surface area (Å²) in [5, 5.41) is 4.47. The molecule has 3 rings (SSSR count). The zero-order valence-corrected chi connectivity index (χ0v) is 12.4. The third-order valence-corrected chi connectivity index (χ3v) is 3.74. The Labute approximate surface area is 120 Å². The molecule has 0 fully saturated rings. The van der Waals surface area contributed by atoms with E-state index in [1.807, 2.05) is 30.0 Å². The molecule has 0 aliphatic carbocycles. The van der Waals surface area contributed by atoms with E-state index in [0.29, 0.717) is 4.77 Å². The molecule has 4 nitrogen and oxygen atoms in total. The summed E-state index contributed by atoms with van der Waals surface area (Å²) >= 11 is 5.40. The van der Waals surface area contributed by atoms with Crippen molar-refractivity contribution in [3.8, 4) is 5.69 Å². The Balaban J connectivity index is 2.44. The van der Waals surface area contributed by atoms with Crippen LogP contribution in [0.4, 0.5) is 4.39 Å². The molecule has 2 heterocycles. The van der Waals surface area contributed by atoms with Crippen molar-refractivity contribution < 1.29 is 4.39 Å². The third kappa shape index (κ3) is 1.79. The molecular formula is C14H15FN4S. The number of rotatable bonds is 2. The normalized spacial score (nSPS) is 11.4. The van der Waals surface area contributed by atoms with E-state index in [9.17, 15) is 4.39 Å². The van der Waals surface area contributed by atoms with Gasteiger partial charge in [-0.15, -0.1) is 0 Å². The van der Waals surface area contributed by atoms with Crippen LogP contribution >= 0.6 is 12.2 Å². The van der Waals surface area contributed by atoms with Crippen LogP contribution in [0.3, 0.4) is 0 Å². The van der Waals surface area contributed by atoms with Gasteiger partial charge < -0.3 is 4.98 Å². The van der Waals surface area contributed by atoms with Gasteiger partial charge in [-0.05, 0) is 50.7 Å². The minimum Gasteiger partial charge on any atom is -0.327 e. The first-order valence-corrected chi connectivity index (χ1v) is 6.88. The smallest absolute Gasteiger partial charge is 0.184 e. The maximum absolute atomic E-state index is 13.6. The van der Waals surface area contributed by atoms with Gasteiger partial charge in [0.05, 0.1) is 11.4 Å². The highest BCUT2D eigenvalue weighted by atomic mass is 32.1. The predicted molar refractivity (Wildman–Crippen MR) is 79.4 cm³/mol. The standard InChI is InChI=1S/C14H15FN4S/c1-4-18-13-12(9(3)17-18)16-14(20)19(13)11-7-10(15)6-5-8(11)2/h5-7H,4H2,1-3H3,(H,16,20). The molecule has 1 aromatic carbocycles. The van der Waals surface area contributed by atoms with E-state index in [1.165, 1.54) is 12.1 Å². The number of benzene rings is 1. The third-order valence-electron chi connectivity index (χ3n) is 3.46. The van der Waals surface area contributed by atoms with Crippen LogP contribution in [0.2, 0.25) is 0 Å². The number of aromatic amines is 1. The fourth-order valence-corrected chi connectivity index (χ4v) is 2.76. The molecule has 0 spiro atoms. The summed E-state index contributed by atoms with van der Waals surface area (Å²) in [4.78, 5) is 3.17. The van der Waals surface area contributed by atoms with Crippen LogP contribution in [0.5, 0.6) is 0 Å². The predicted octanol–water partition coefficient (Wildman–Crippen LogP) is 3.66. The number of hydrogen-bond donors (Lipinski definition) is 1. The van der Waals surface area contributed by atoms with Crippen molar-refractivity contribution in [2.75, 3.05) is 0 Å². The first-order valence-electron chi connectivity index (χ1n) is 6.47. The fourth-order valence-electron chi connectivity index (χ4n) is 2.47. The molecular weight excluding hydrogens is 275 g/mol. The van der Waals surface area contributed by atoms with E-state index in [-0.39, 0.29) is 5.82 Å². The van der Waals surface area contributed by atoms with Crippen molar-refractivity contribution >= 4 is 23.4 Å². The fraction of sp³-hybridized carbons (Fsp3) is 0.286. The number of fused-ring (bicyclic) bond motifs is 1. The van der Waals surface area contributed by atoms with Crippen LogP contribution in [-0.4, -0.2) is 19.3 Å². The SMILES string of the molecule is CCn1nc(C)c2[nH]c(=S)n(-c3cc(F)ccc3C)c21. The molecule has 20 heavy (non-hydrogen) atoms. The summed E-state index contributed by atoms with van der Waals surface area (Å²) in [5.41, 5.74) is 4.38.